The molecule has 0 aliphatic rings. The quantitative estimate of drug-likeness (QED) is 0.487. The number of imidazole rings is 1. The van der Waals surface area contributed by atoms with Crippen LogP contribution in [0.2, 0.25) is 0 Å². The summed E-state index contributed by atoms with van der Waals surface area (Å²) < 4.78 is 1.97. The van der Waals surface area contributed by atoms with Crippen LogP contribution in [0.15, 0.2) is 18.7 Å². The zero-order valence-electron chi connectivity index (χ0n) is 13.0. The number of carbonyl (C=O) groups excluding carboxylic acids is 1. The average molecular weight is 278 g/mol. The van der Waals surface area contributed by atoms with E-state index in [1.807, 2.05) is 10.8 Å². The molecule has 1 heterocycles. The Morgan fingerprint density at radius 3 is 2.20 bits per heavy atom. The van der Waals surface area contributed by atoms with Gasteiger partial charge >= 0.3 is 0 Å². The van der Waals surface area contributed by atoms with Crippen LogP contribution in [0.5, 0.6) is 0 Å². The van der Waals surface area contributed by atoms with Gasteiger partial charge in [-0.3, -0.25) is 4.79 Å². The summed E-state index contributed by atoms with van der Waals surface area (Å²) in [4.78, 5) is 15.7. The minimum atomic E-state index is 0.390. The fraction of sp³-hybridized carbons (Fsp3) is 0.765. The van der Waals surface area contributed by atoms with Crippen molar-refractivity contribution in [1.82, 2.24) is 9.55 Å². The molecule has 0 saturated carbocycles. The first-order chi connectivity index (χ1) is 9.83. The Morgan fingerprint density at radius 2 is 1.60 bits per heavy atom. The van der Waals surface area contributed by atoms with E-state index in [9.17, 15) is 4.79 Å². The topological polar surface area (TPSA) is 34.9 Å². The normalized spacial score (nSPS) is 10.8. The lowest BCUT2D eigenvalue weighted by atomic mass is 10.0. The summed E-state index contributed by atoms with van der Waals surface area (Å²) in [7, 11) is 0. The smallest absolute Gasteiger partial charge is 0.134 e. The van der Waals surface area contributed by atoms with E-state index in [0.717, 1.165) is 19.4 Å². The Kier molecular flexibility index (Phi) is 9.89. The number of unbranched alkanes of at least 4 members (excludes halogenated alkanes) is 8. The zero-order chi connectivity index (χ0) is 14.5. The molecule has 1 rings (SSSR count). The second kappa shape index (κ2) is 11.7. The van der Waals surface area contributed by atoms with Gasteiger partial charge in [0.05, 0.1) is 6.33 Å². The first-order valence-corrected chi connectivity index (χ1v) is 8.30. The molecule has 0 bridgehead atoms. The standard InChI is InChI=1S/C17H30N2O/c1-2-3-4-5-6-7-8-9-10-11-17(20)12-14-19-15-13-18-16-19/h13,15-16H,2-12,14H2,1H3. The molecule has 0 radical (unpaired) electrons. The summed E-state index contributed by atoms with van der Waals surface area (Å²) in [5, 5.41) is 0. The first kappa shape index (κ1) is 16.9. The highest BCUT2D eigenvalue weighted by atomic mass is 16.1. The lowest BCUT2D eigenvalue weighted by molar-refractivity contribution is -0.119. The van der Waals surface area contributed by atoms with E-state index in [1.165, 1.54) is 51.4 Å². The van der Waals surface area contributed by atoms with Crippen LogP contribution in [0.25, 0.3) is 0 Å². The van der Waals surface area contributed by atoms with Gasteiger partial charge in [0.2, 0.25) is 0 Å². The van der Waals surface area contributed by atoms with Crippen LogP contribution in [-0.4, -0.2) is 15.3 Å². The zero-order valence-corrected chi connectivity index (χ0v) is 13.0. The molecule has 0 aliphatic carbocycles. The number of ketones is 1. The molecule has 0 fully saturated rings. The van der Waals surface area contributed by atoms with Crippen LogP contribution in [0.1, 0.15) is 77.6 Å². The summed E-state index contributed by atoms with van der Waals surface area (Å²) in [6.45, 7) is 3.03. The second-order valence-electron chi connectivity index (χ2n) is 5.67. The highest BCUT2D eigenvalue weighted by Crippen LogP contribution is 2.11. The van der Waals surface area contributed by atoms with Gasteiger partial charge in [-0.15, -0.1) is 0 Å². The van der Waals surface area contributed by atoms with Gasteiger partial charge in [-0.05, 0) is 6.42 Å². The molecular formula is C17H30N2O. The molecule has 20 heavy (non-hydrogen) atoms. The van der Waals surface area contributed by atoms with E-state index in [2.05, 4.69) is 11.9 Å². The number of nitrogens with zero attached hydrogens (tertiary/aromatic N) is 2. The minimum absolute atomic E-state index is 0.390. The fourth-order valence-electron chi connectivity index (χ4n) is 2.43. The number of hydrogen-bond acceptors (Lipinski definition) is 2. The Hall–Kier alpha value is -1.12. The lowest BCUT2D eigenvalue weighted by Gasteiger charge is -2.03. The van der Waals surface area contributed by atoms with Crippen molar-refractivity contribution in [2.75, 3.05) is 0 Å². The monoisotopic (exact) mass is 278 g/mol. The molecule has 1 aromatic rings. The van der Waals surface area contributed by atoms with E-state index in [1.54, 1.807) is 12.5 Å². The third kappa shape index (κ3) is 8.89. The van der Waals surface area contributed by atoms with Crippen molar-refractivity contribution in [2.45, 2.75) is 84.1 Å². The molecule has 114 valence electrons. The van der Waals surface area contributed by atoms with Crippen LogP contribution in [0.3, 0.4) is 0 Å². The Bertz CT molecular complexity index is 333. The Morgan fingerprint density at radius 1 is 0.950 bits per heavy atom. The number of hydrogen-bond donors (Lipinski definition) is 0. The number of rotatable bonds is 13. The summed E-state index contributed by atoms with van der Waals surface area (Å²) in [6, 6.07) is 0. The van der Waals surface area contributed by atoms with Gasteiger partial charge in [0.25, 0.3) is 0 Å². The van der Waals surface area contributed by atoms with Crippen molar-refractivity contribution in [1.29, 1.82) is 0 Å². The van der Waals surface area contributed by atoms with Crippen molar-refractivity contribution in [2.24, 2.45) is 0 Å². The van der Waals surface area contributed by atoms with Gasteiger partial charge < -0.3 is 4.57 Å². The number of Topliss-reactive ketones (excluding diaryl/α,β-unsaturated/α-hetero) is 1. The third-order valence-electron chi connectivity index (χ3n) is 3.77. The van der Waals surface area contributed by atoms with Gasteiger partial charge in [-0.1, -0.05) is 58.3 Å². The SMILES string of the molecule is CCCCCCCCCCCC(=O)CCn1ccnc1. The summed E-state index contributed by atoms with van der Waals surface area (Å²) in [6.07, 6.45) is 18.6. The summed E-state index contributed by atoms with van der Waals surface area (Å²) in [5.41, 5.74) is 0. The molecular weight excluding hydrogens is 248 g/mol. The number of aromatic nitrogens is 2. The minimum Gasteiger partial charge on any atom is -0.337 e. The van der Waals surface area contributed by atoms with E-state index < -0.39 is 0 Å². The summed E-state index contributed by atoms with van der Waals surface area (Å²) >= 11 is 0. The maximum atomic E-state index is 11.7. The molecule has 0 amide bonds. The van der Waals surface area contributed by atoms with E-state index in [4.69, 9.17) is 0 Å². The highest BCUT2D eigenvalue weighted by molar-refractivity contribution is 5.78. The van der Waals surface area contributed by atoms with E-state index in [0.29, 0.717) is 12.2 Å². The predicted octanol–water partition coefficient (Wildman–Crippen LogP) is 4.76. The third-order valence-corrected chi connectivity index (χ3v) is 3.77. The van der Waals surface area contributed by atoms with Crippen LogP contribution in [0.4, 0.5) is 0 Å². The predicted molar refractivity (Wildman–Crippen MR) is 83.7 cm³/mol. The maximum absolute atomic E-state index is 11.7. The lowest BCUT2D eigenvalue weighted by Crippen LogP contribution is -2.04. The summed E-state index contributed by atoms with van der Waals surface area (Å²) in [5.74, 6) is 0.390. The van der Waals surface area contributed by atoms with Crippen LogP contribution < -0.4 is 0 Å². The molecule has 0 aromatic carbocycles. The van der Waals surface area contributed by atoms with Crippen molar-refractivity contribution in [3.05, 3.63) is 18.7 Å². The highest BCUT2D eigenvalue weighted by Gasteiger charge is 2.02. The molecule has 0 unspecified atom stereocenters. The Balaban J connectivity index is 1.84. The molecule has 0 saturated heterocycles. The molecule has 0 spiro atoms. The van der Waals surface area contributed by atoms with Gasteiger partial charge in [-0.2, -0.15) is 0 Å². The largest absolute Gasteiger partial charge is 0.337 e. The van der Waals surface area contributed by atoms with Crippen molar-refractivity contribution >= 4 is 5.78 Å². The molecule has 1 aromatic heterocycles. The Labute approximate surface area is 123 Å². The van der Waals surface area contributed by atoms with Gasteiger partial charge in [0, 0.05) is 31.8 Å². The molecule has 0 atom stereocenters. The van der Waals surface area contributed by atoms with Crippen LogP contribution in [-0.2, 0) is 11.3 Å². The van der Waals surface area contributed by atoms with Gasteiger partial charge in [-0.25, -0.2) is 4.98 Å². The van der Waals surface area contributed by atoms with Gasteiger partial charge in [0.15, 0.2) is 0 Å². The van der Waals surface area contributed by atoms with Crippen molar-refractivity contribution in [3.63, 3.8) is 0 Å². The van der Waals surface area contributed by atoms with Crippen molar-refractivity contribution in [3.8, 4) is 0 Å². The average Bonchev–Trinajstić information content (AvgIpc) is 2.96. The van der Waals surface area contributed by atoms with E-state index in [-0.39, 0.29) is 0 Å². The second-order valence-corrected chi connectivity index (χ2v) is 5.67. The molecule has 0 aliphatic heterocycles. The van der Waals surface area contributed by atoms with Crippen LogP contribution in [0, 0.1) is 0 Å². The van der Waals surface area contributed by atoms with Crippen LogP contribution >= 0.6 is 0 Å². The maximum Gasteiger partial charge on any atom is 0.134 e. The molecule has 3 heteroatoms. The molecule has 0 N–H and O–H groups in total. The molecule has 3 nitrogen and oxygen atoms in total. The van der Waals surface area contributed by atoms with Crippen molar-refractivity contribution < 1.29 is 4.79 Å². The van der Waals surface area contributed by atoms with E-state index >= 15 is 0 Å². The number of carbonyl (C=O) groups is 1. The van der Waals surface area contributed by atoms with Gasteiger partial charge in [0.1, 0.15) is 5.78 Å². The number of aryl methyl sites for hydroxylation is 1. The fourth-order valence-corrected chi connectivity index (χ4v) is 2.43. The first-order valence-electron chi connectivity index (χ1n) is 8.30.